The maximum atomic E-state index is 13.6. The van der Waals surface area contributed by atoms with Crippen LogP contribution < -0.4 is 4.43 Å². The first kappa shape index (κ1) is 15.4. The third kappa shape index (κ3) is 3.20. The molecule has 1 rings (SSSR count). The second-order valence-electron chi connectivity index (χ2n) is 5.78. The minimum absolute atomic E-state index is 0.0319. The zero-order valence-electron chi connectivity index (χ0n) is 11.3. The van der Waals surface area contributed by atoms with Gasteiger partial charge in [0, 0.05) is 6.07 Å². The van der Waals surface area contributed by atoms with Crippen molar-refractivity contribution in [1.82, 2.24) is 0 Å². The first-order valence-electron chi connectivity index (χ1n) is 5.72. The predicted molar refractivity (Wildman–Crippen MR) is 77.3 cm³/mol. The molecule has 0 unspecified atom stereocenters. The first-order chi connectivity index (χ1) is 8.08. The van der Waals surface area contributed by atoms with E-state index in [2.05, 4.69) is 49.8 Å². The maximum Gasteiger partial charge on any atom is 0.250 e. The van der Waals surface area contributed by atoms with Gasteiger partial charge in [0.2, 0.25) is 0 Å². The Hall–Kier alpha value is -0.683. The third-order valence-corrected chi connectivity index (χ3v) is 8.31. The van der Waals surface area contributed by atoms with Gasteiger partial charge in [-0.15, -0.1) is 0 Å². The molecule has 0 N–H and O–H groups in total. The van der Waals surface area contributed by atoms with E-state index in [0.29, 0.717) is 16.5 Å². The molecule has 1 aromatic carbocycles. The van der Waals surface area contributed by atoms with E-state index in [-0.39, 0.29) is 10.6 Å². The number of benzene rings is 1. The molecule has 5 heteroatoms. The molecule has 100 valence electrons. The summed E-state index contributed by atoms with van der Waals surface area (Å²) in [5.41, 5.74) is 0.0319. The van der Waals surface area contributed by atoms with Gasteiger partial charge in [0.25, 0.3) is 8.32 Å². The van der Waals surface area contributed by atoms with Gasteiger partial charge in [0.15, 0.2) is 6.29 Å². The van der Waals surface area contributed by atoms with Crippen LogP contribution in [0.25, 0.3) is 0 Å². The Morgan fingerprint density at radius 1 is 1.33 bits per heavy atom. The van der Waals surface area contributed by atoms with Crippen LogP contribution in [-0.2, 0) is 0 Å². The molecule has 0 amide bonds. The average Bonchev–Trinajstić information content (AvgIpc) is 2.21. The monoisotopic (exact) mass is 332 g/mol. The molecular formula is C13H18BrFO2Si. The molecule has 18 heavy (non-hydrogen) atoms. The smallest absolute Gasteiger partial charge is 0.250 e. The number of carbonyl (C=O) groups excluding carboxylic acids is 1. The highest BCUT2D eigenvalue weighted by Crippen LogP contribution is 2.39. The molecule has 0 aliphatic rings. The van der Waals surface area contributed by atoms with Gasteiger partial charge in [-0.3, -0.25) is 4.79 Å². The van der Waals surface area contributed by atoms with Gasteiger partial charge < -0.3 is 4.43 Å². The van der Waals surface area contributed by atoms with E-state index in [0.717, 1.165) is 0 Å². The first-order valence-corrected chi connectivity index (χ1v) is 9.42. The molecule has 0 radical (unpaired) electrons. The van der Waals surface area contributed by atoms with E-state index < -0.39 is 14.1 Å². The van der Waals surface area contributed by atoms with Crippen LogP contribution in [0, 0.1) is 5.82 Å². The Balaban J connectivity index is 3.13. The SMILES string of the molecule is CC(C)(C)[Si](C)(C)Oc1cc(F)c(C=O)cc1Br. The van der Waals surface area contributed by atoms with Gasteiger partial charge in [-0.05, 0) is 40.1 Å². The highest BCUT2D eigenvalue weighted by atomic mass is 79.9. The molecule has 0 heterocycles. The summed E-state index contributed by atoms with van der Waals surface area (Å²) >= 11 is 3.31. The van der Waals surface area contributed by atoms with Crippen LogP contribution in [0.4, 0.5) is 4.39 Å². The fourth-order valence-corrected chi connectivity index (χ4v) is 2.76. The number of halogens is 2. The Morgan fingerprint density at radius 2 is 1.89 bits per heavy atom. The molecule has 0 atom stereocenters. The van der Waals surface area contributed by atoms with Crippen LogP contribution in [0.1, 0.15) is 31.1 Å². The molecule has 0 spiro atoms. The maximum absolute atomic E-state index is 13.6. The van der Waals surface area contributed by atoms with E-state index >= 15 is 0 Å². The fourth-order valence-electron chi connectivity index (χ4n) is 1.14. The molecule has 0 aliphatic carbocycles. The van der Waals surface area contributed by atoms with Crippen molar-refractivity contribution in [2.24, 2.45) is 0 Å². The minimum Gasteiger partial charge on any atom is -0.543 e. The summed E-state index contributed by atoms with van der Waals surface area (Å²) in [7, 11) is -2.01. The van der Waals surface area contributed by atoms with Crippen molar-refractivity contribution in [2.45, 2.75) is 38.9 Å². The zero-order valence-corrected chi connectivity index (χ0v) is 13.9. The van der Waals surface area contributed by atoms with Crippen LogP contribution in [0.3, 0.4) is 0 Å². The molecule has 1 aromatic rings. The molecular weight excluding hydrogens is 315 g/mol. The molecule has 0 aromatic heterocycles. The summed E-state index contributed by atoms with van der Waals surface area (Å²) in [6.45, 7) is 10.5. The predicted octanol–water partition coefficient (Wildman–Crippen LogP) is 4.78. The third-order valence-electron chi connectivity index (χ3n) is 3.35. The van der Waals surface area contributed by atoms with E-state index in [4.69, 9.17) is 4.43 Å². The van der Waals surface area contributed by atoms with Gasteiger partial charge >= 0.3 is 0 Å². The van der Waals surface area contributed by atoms with E-state index in [1.54, 1.807) is 0 Å². The highest BCUT2D eigenvalue weighted by molar-refractivity contribution is 9.10. The summed E-state index contributed by atoms with van der Waals surface area (Å²) in [5.74, 6) is -0.0911. The number of carbonyl (C=O) groups is 1. The van der Waals surface area contributed by atoms with E-state index in [1.807, 2.05) is 0 Å². The molecule has 0 fully saturated rings. The van der Waals surface area contributed by atoms with E-state index in [1.165, 1.54) is 12.1 Å². The van der Waals surface area contributed by atoms with Gasteiger partial charge in [-0.1, -0.05) is 20.8 Å². The summed E-state index contributed by atoms with van der Waals surface area (Å²) in [5, 5.41) is 0.0340. The number of aldehydes is 1. The van der Waals surface area contributed by atoms with Crippen molar-refractivity contribution < 1.29 is 13.6 Å². The van der Waals surface area contributed by atoms with Crippen LogP contribution in [0.15, 0.2) is 16.6 Å². The Labute approximate surface area is 117 Å². The Morgan fingerprint density at radius 3 is 2.33 bits per heavy atom. The molecule has 0 bridgehead atoms. The average molecular weight is 333 g/mol. The summed E-state index contributed by atoms with van der Waals surface area (Å²) in [6, 6.07) is 2.72. The van der Waals surface area contributed by atoms with Crippen LogP contribution in [0.2, 0.25) is 18.1 Å². The largest absolute Gasteiger partial charge is 0.543 e. The minimum atomic E-state index is -2.01. The van der Waals surface area contributed by atoms with Crippen molar-refractivity contribution in [2.75, 3.05) is 0 Å². The van der Waals surface area contributed by atoms with Crippen LogP contribution in [0.5, 0.6) is 5.75 Å². The summed E-state index contributed by atoms with van der Waals surface area (Å²) < 4.78 is 20.2. The van der Waals surface area contributed by atoms with Crippen molar-refractivity contribution in [3.05, 3.63) is 28.0 Å². The van der Waals surface area contributed by atoms with Gasteiger partial charge in [-0.2, -0.15) is 0 Å². The topological polar surface area (TPSA) is 26.3 Å². The number of hydrogen-bond donors (Lipinski definition) is 0. The Bertz CT molecular complexity index is 467. The van der Waals surface area contributed by atoms with Gasteiger partial charge in [-0.25, -0.2) is 4.39 Å². The molecule has 0 saturated carbocycles. The lowest BCUT2D eigenvalue weighted by Gasteiger charge is -2.36. The fraction of sp³-hybridized carbons (Fsp3) is 0.462. The second-order valence-corrected chi connectivity index (χ2v) is 11.4. The second kappa shape index (κ2) is 5.13. The van der Waals surface area contributed by atoms with Crippen molar-refractivity contribution >= 4 is 30.5 Å². The van der Waals surface area contributed by atoms with Gasteiger partial charge in [0.05, 0.1) is 10.0 Å². The van der Waals surface area contributed by atoms with Crippen molar-refractivity contribution in [3.8, 4) is 5.75 Å². The number of rotatable bonds is 3. The lowest BCUT2D eigenvalue weighted by Crippen LogP contribution is -2.44. The molecule has 0 saturated heterocycles. The lowest BCUT2D eigenvalue weighted by molar-refractivity contribution is 0.111. The van der Waals surface area contributed by atoms with E-state index in [9.17, 15) is 9.18 Å². The Kier molecular flexibility index (Phi) is 4.38. The highest BCUT2D eigenvalue weighted by Gasteiger charge is 2.39. The van der Waals surface area contributed by atoms with Gasteiger partial charge in [0.1, 0.15) is 11.6 Å². The standard InChI is InChI=1S/C13H18BrFO2Si/c1-13(2,3)18(4,5)17-12-7-11(15)9(8-16)6-10(12)14/h6-8H,1-5H3. The zero-order chi connectivity index (χ0) is 14.1. The van der Waals surface area contributed by atoms with Crippen molar-refractivity contribution in [3.63, 3.8) is 0 Å². The van der Waals surface area contributed by atoms with Crippen molar-refractivity contribution in [1.29, 1.82) is 0 Å². The van der Waals surface area contributed by atoms with Crippen LogP contribution >= 0.6 is 15.9 Å². The van der Waals surface area contributed by atoms with Crippen LogP contribution in [-0.4, -0.2) is 14.6 Å². The lowest BCUT2D eigenvalue weighted by atomic mass is 10.2. The molecule has 2 nitrogen and oxygen atoms in total. The quantitative estimate of drug-likeness (QED) is 0.587. The summed E-state index contributed by atoms with van der Waals surface area (Å²) in [4.78, 5) is 10.6. The normalized spacial score (nSPS) is 12.4. The molecule has 0 aliphatic heterocycles. The summed E-state index contributed by atoms with van der Waals surface area (Å²) in [6.07, 6.45) is 0.496. The number of hydrogen-bond acceptors (Lipinski definition) is 2.